The predicted octanol–water partition coefficient (Wildman–Crippen LogP) is 6.33. The highest BCUT2D eigenvalue weighted by Crippen LogP contribution is 2.34. The fourth-order valence-corrected chi connectivity index (χ4v) is 5.35. The molecule has 0 aliphatic heterocycles. The molecule has 0 bridgehead atoms. The first kappa shape index (κ1) is 24.4. The Kier molecular flexibility index (Phi) is 7.35. The van der Waals surface area contributed by atoms with Gasteiger partial charge in [0.25, 0.3) is 0 Å². The van der Waals surface area contributed by atoms with Crippen molar-refractivity contribution in [1.82, 2.24) is 19.7 Å². The summed E-state index contributed by atoms with van der Waals surface area (Å²) < 4.78 is 41.2. The molecule has 2 heterocycles. The summed E-state index contributed by atoms with van der Waals surface area (Å²) in [6, 6.07) is 7.21. The number of nitrogens with one attached hydrogen (secondary N) is 2. The summed E-state index contributed by atoms with van der Waals surface area (Å²) in [5.41, 5.74) is 2.15. The van der Waals surface area contributed by atoms with Crippen molar-refractivity contribution in [2.24, 2.45) is 0 Å². The number of thioether (sulfide) groups is 1. The zero-order chi connectivity index (χ0) is 24.3. The Morgan fingerprint density at radius 1 is 1.18 bits per heavy atom. The number of aromatic amines is 1. The molecule has 182 valence electrons. The molecule has 2 aromatic heterocycles. The van der Waals surface area contributed by atoms with E-state index in [-0.39, 0.29) is 24.1 Å². The number of carbonyl (C=O) groups excluding carboxylic acids is 1. The first-order valence-electron chi connectivity index (χ1n) is 11.4. The van der Waals surface area contributed by atoms with E-state index in [2.05, 4.69) is 25.1 Å². The quantitative estimate of drug-likeness (QED) is 0.284. The van der Waals surface area contributed by atoms with Crippen molar-refractivity contribution in [2.45, 2.75) is 69.9 Å². The minimum absolute atomic E-state index is 0.0219. The average molecular weight is 492 g/mol. The number of H-pyrrole nitrogens is 1. The number of carbonyl (C=O) groups is 1. The molecule has 1 fully saturated rings. The standard InChI is InChI=1S/C24H28F3N5OS/c1-15-11-20(16(2)29-15)21(33)14-34-23-31-30-22(32(23)19-9-4-3-5-10-19)13-28-18-8-6-7-17(12-18)24(25,26)27/h6-8,11-12,19,28-29H,3-5,9-10,13-14H2,1-2H3. The number of aromatic nitrogens is 4. The Morgan fingerprint density at radius 3 is 2.62 bits per heavy atom. The number of anilines is 1. The van der Waals surface area contributed by atoms with E-state index in [1.54, 1.807) is 6.07 Å². The molecule has 1 saturated carbocycles. The molecule has 34 heavy (non-hydrogen) atoms. The number of hydrogen-bond acceptors (Lipinski definition) is 5. The lowest BCUT2D eigenvalue weighted by atomic mass is 9.95. The van der Waals surface area contributed by atoms with Gasteiger partial charge in [-0.05, 0) is 51.0 Å². The molecule has 0 amide bonds. The summed E-state index contributed by atoms with van der Waals surface area (Å²) in [6.45, 7) is 4.04. The van der Waals surface area contributed by atoms with Crippen LogP contribution in [0.4, 0.5) is 18.9 Å². The van der Waals surface area contributed by atoms with Gasteiger partial charge in [0.15, 0.2) is 16.8 Å². The number of alkyl halides is 3. The van der Waals surface area contributed by atoms with E-state index in [0.29, 0.717) is 22.2 Å². The molecule has 6 nitrogen and oxygen atoms in total. The fourth-order valence-electron chi connectivity index (χ4n) is 4.44. The fraction of sp³-hybridized carbons (Fsp3) is 0.458. The van der Waals surface area contributed by atoms with Crippen LogP contribution >= 0.6 is 11.8 Å². The third-order valence-corrected chi connectivity index (χ3v) is 7.04. The second-order valence-electron chi connectivity index (χ2n) is 8.70. The van der Waals surface area contributed by atoms with Crippen molar-refractivity contribution in [3.05, 3.63) is 58.7 Å². The second kappa shape index (κ2) is 10.2. The molecular weight excluding hydrogens is 463 g/mol. The first-order valence-corrected chi connectivity index (χ1v) is 12.4. The van der Waals surface area contributed by atoms with Crippen LogP contribution in [-0.2, 0) is 12.7 Å². The Bertz CT molecular complexity index is 1150. The van der Waals surface area contributed by atoms with Crippen molar-refractivity contribution in [1.29, 1.82) is 0 Å². The van der Waals surface area contributed by atoms with Gasteiger partial charge in [-0.1, -0.05) is 37.1 Å². The summed E-state index contributed by atoms with van der Waals surface area (Å²) in [5.74, 6) is 0.922. The van der Waals surface area contributed by atoms with Crippen LogP contribution in [0, 0.1) is 13.8 Å². The van der Waals surface area contributed by atoms with Crippen LogP contribution in [0.15, 0.2) is 35.5 Å². The molecule has 2 N–H and O–H groups in total. The highest BCUT2D eigenvalue weighted by Gasteiger charge is 2.30. The molecule has 1 aliphatic carbocycles. The number of hydrogen-bond donors (Lipinski definition) is 2. The van der Waals surface area contributed by atoms with E-state index in [0.717, 1.165) is 49.2 Å². The van der Waals surface area contributed by atoms with Crippen molar-refractivity contribution in [2.75, 3.05) is 11.1 Å². The maximum Gasteiger partial charge on any atom is 0.416 e. The molecular formula is C24H28F3N5OS. The molecule has 0 radical (unpaired) electrons. The van der Waals surface area contributed by atoms with Crippen molar-refractivity contribution >= 4 is 23.2 Å². The maximum absolute atomic E-state index is 13.1. The smallest absolute Gasteiger partial charge is 0.378 e. The number of aryl methyl sites for hydroxylation is 2. The first-order chi connectivity index (χ1) is 16.2. The van der Waals surface area contributed by atoms with Crippen LogP contribution in [0.5, 0.6) is 0 Å². The summed E-state index contributed by atoms with van der Waals surface area (Å²) in [5, 5.41) is 12.4. The van der Waals surface area contributed by atoms with E-state index in [9.17, 15) is 18.0 Å². The highest BCUT2D eigenvalue weighted by molar-refractivity contribution is 7.99. The second-order valence-corrected chi connectivity index (χ2v) is 9.64. The third kappa shape index (κ3) is 5.65. The lowest BCUT2D eigenvalue weighted by molar-refractivity contribution is -0.137. The monoisotopic (exact) mass is 491 g/mol. The van der Waals surface area contributed by atoms with E-state index >= 15 is 0 Å². The maximum atomic E-state index is 13.1. The van der Waals surface area contributed by atoms with Crippen LogP contribution in [-0.4, -0.2) is 31.3 Å². The van der Waals surface area contributed by atoms with Crippen LogP contribution in [0.1, 0.15) is 71.3 Å². The zero-order valence-corrected chi connectivity index (χ0v) is 20.0. The number of nitrogens with zero attached hydrogens (tertiary/aromatic N) is 3. The molecule has 0 unspecified atom stereocenters. The van der Waals surface area contributed by atoms with Gasteiger partial charge in [0.1, 0.15) is 0 Å². The van der Waals surface area contributed by atoms with Gasteiger partial charge in [-0.2, -0.15) is 13.2 Å². The van der Waals surface area contributed by atoms with Gasteiger partial charge >= 0.3 is 6.18 Å². The number of benzene rings is 1. The van der Waals surface area contributed by atoms with Gasteiger partial charge in [0.05, 0.1) is 17.9 Å². The summed E-state index contributed by atoms with van der Waals surface area (Å²) in [7, 11) is 0. The number of rotatable bonds is 8. The normalized spacial score (nSPS) is 15.0. The molecule has 0 spiro atoms. The largest absolute Gasteiger partial charge is 0.416 e. The van der Waals surface area contributed by atoms with E-state index in [1.165, 1.54) is 24.2 Å². The van der Waals surface area contributed by atoms with Crippen LogP contribution in [0.25, 0.3) is 0 Å². The Balaban J connectivity index is 1.51. The van der Waals surface area contributed by atoms with Crippen LogP contribution in [0.2, 0.25) is 0 Å². The molecule has 10 heteroatoms. The van der Waals surface area contributed by atoms with Crippen LogP contribution in [0.3, 0.4) is 0 Å². The number of halogens is 3. The number of Topliss-reactive ketones (excluding diaryl/α,β-unsaturated/α-hetero) is 1. The zero-order valence-electron chi connectivity index (χ0n) is 19.2. The van der Waals surface area contributed by atoms with Gasteiger partial charge < -0.3 is 14.9 Å². The van der Waals surface area contributed by atoms with Gasteiger partial charge in [-0.25, -0.2) is 0 Å². The van der Waals surface area contributed by atoms with E-state index in [1.807, 2.05) is 19.9 Å². The lowest BCUT2D eigenvalue weighted by Gasteiger charge is -2.25. The average Bonchev–Trinajstić information content (AvgIpc) is 3.38. The molecule has 3 aromatic rings. The molecule has 0 saturated heterocycles. The number of ketones is 1. The minimum atomic E-state index is -4.40. The lowest BCUT2D eigenvalue weighted by Crippen LogP contribution is -2.18. The summed E-state index contributed by atoms with van der Waals surface area (Å²) in [4.78, 5) is 15.9. The Hall–Kier alpha value is -2.75. The SMILES string of the molecule is Cc1cc(C(=O)CSc2nnc(CNc3cccc(C(F)(F)F)c3)n2C2CCCCC2)c(C)[nH]1. The summed E-state index contributed by atoms with van der Waals surface area (Å²) >= 11 is 1.36. The van der Waals surface area contributed by atoms with Crippen LogP contribution < -0.4 is 5.32 Å². The van der Waals surface area contributed by atoms with Crippen molar-refractivity contribution in [3.63, 3.8) is 0 Å². The van der Waals surface area contributed by atoms with E-state index in [4.69, 9.17) is 0 Å². The molecule has 1 aliphatic rings. The summed E-state index contributed by atoms with van der Waals surface area (Å²) in [6.07, 6.45) is 0.983. The minimum Gasteiger partial charge on any atom is -0.378 e. The molecule has 4 rings (SSSR count). The van der Waals surface area contributed by atoms with Crippen molar-refractivity contribution in [3.8, 4) is 0 Å². The van der Waals surface area contributed by atoms with E-state index < -0.39 is 11.7 Å². The molecule has 0 atom stereocenters. The van der Waals surface area contributed by atoms with Gasteiger partial charge in [0.2, 0.25) is 0 Å². The van der Waals surface area contributed by atoms with Gasteiger partial charge in [-0.3, -0.25) is 4.79 Å². The molecule has 1 aromatic carbocycles. The third-order valence-electron chi connectivity index (χ3n) is 6.10. The van der Waals surface area contributed by atoms with Gasteiger partial charge in [-0.15, -0.1) is 10.2 Å². The predicted molar refractivity (Wildman–Crippen MR) is 126 cm³/mol. The Morgan fingerprint density at radius 2 is 1.94 bits per heavy atom. The van der Waals surface area contributed by atoms with Crippen molar-refractivity contribution < 1.29 is 18.0 Å². The highest BCUT2D eigenvalue weighted by atomic mass is 32.2. The topological polar surface area (TPSA) is 75.6 Å². The Labute approximate surface area is 200 Å². The van der Waals surface area contributed by atoms with Gasteiger partial charge in [0, 0.05) is 28.7 Å².